The van der Waals surface area contributed by atoms with Crippen molar-refractivity contribution in [3.63, 3.8) is 0 Å². The number of hydrogen-bond acceptors (Lipinski definition) is 4. The molecule has 7 heteroatoms. The van der Waals surface area contributed by atoms with Gasteiger partial charge in [-0.15, -0.1) is 0 Å². The Balaban J connectivity index is 0.000000816. The Bertz CT molecular complexity index is 327. The van der Waals surface area contributed by atoms with Crippen LogP contribution in [-0.2, 0) is 15.9 Å². The van der Waals surface area contributed by atoms with E-state index in [2.05, 4.69) is 23.9 Å². The molecule has 2 saturated heterocycles. The van der Waals surface area contributed by atoms with Crippen molar-refractivity contribution in [2.75, 3.05) is 26.2 Å². The van der Waals surface area contributed by atoms with Gasteiger partial charge in [-0.05, 0) is 39.5 Å². The van der Waals surface area contributed by atoms with Crippen molar-refractivity contribution in [2.45, 2.75) is 65.2 Å². The molecule has 0 unspecified atom stereocenters. The minimum atomic E-state index is -0.106. The third-order valence-electron chi connectivity index (χ3n) is 4.27. The van der Waals surface area contributed by atoms with Gasteiger partial charge in [0.1, 0.15) is 0 Å². The topological polar surface area (TPSA) is 31.2 Å². The second-order valence-electron chi connectivity index (χ2n) is 6.15. The molecule has 2 fully saturated rings. The molecule has 0 spiro atoms. The van der Waals surface area contributed by atoms with E-state index in [9.17, 15) is 0 Å². The van der Waals surface area contributed by atoms with Gasteiger partial charge < -0.3 is 0 Å². The van der Waals surface area contributed by atoms with Crippen LogP contribution in [0.15, 0.2) is 10.2 Å². The maximum atomic E-state index is 4.81. The molecular formula is C16H30Cl2N4Pd. The second kappa shape index (κ2) is 13.5. The van der Waals surface area contributed by atoms with Gasteiger partial charge in [0.25, 0.3) is 0 Å². The quantitative estimate of drug-likeness (QED) is 0.449. The van der Waals surface area contributed by atoms with E-state index in [4.69, 9.17) is 29.3 Å². The molecule has 0 atom stereocenters. The van der Waals surface area contributed by atoms with Gasteiger partial charge in [0.15, 0.2) is 0 Å². The van der Waals surface area contributed by atoms with Crippen molar-refractivity contribution in [3.05, 3.63) is 0 Å². The van der Waals surface area contributed by atoms with Crippen LogP contribution in [0, 0.1) is 0 Å². The Kier molecular flexibility index (Phi) is 12.4. The Morgan fingerprint density at radius 3 is 1.17 bits per heavy atom. The molecule has 0 radical (unpaired) electrons. The zero-order chi connectivity index (χ0) is 16.9. The Morgan fingerprint density at radius 2 is 0.913 bits per heavy atom. The summed E-state index contributed by atoms with van der Waals surface area (Å²) >= 11 is -0.106. The van der Waals surface area contributed by atoms with Gasteiger partial charge in [-0.25, -0.2) is 0 Å². The zero-order valence-electron chi connectivity index (χ0n) is 14.3. The second-order valence-corrected chi connectivity index (χ2v) is 8.51. The summed E-state index contributed by atoms with van der Waals surface area (Å²) < 4.78 is 0. The van der Waals surface area contributed by atoms with Crippen LogP contribution in [-0.4, -0.2) is 47.6 Å². The molecule has 0 aromatic carbocycles. The molecule has 0 N–H and O–H groups in total. The van der Waals surface area contributed by atoms with E-state index in [-0.39, 0.29) is 15.9 Å². The van der Waals surface area contributed by atoms with Crippen molar-refractivity contribution < 1.29 is 15.9 Å². The van der Waals surface area contributed by atoms with Crippen LogP contribution < -0.4 is 0 Å². The number of rotatable bonds is 3. The van der Waals surface area contributed by atoms with Crippen molar-refractivity contribution in [3.8, 4) is 0 Å². The van der Waals surface area contributed by atoms with Gasteiger partial charge in [-0.1, -0.05) is 25.7 Å². The molecule has 138 valence electrons. The van der Waals surface area contributed by atoms with E-state index < -0.39 is 0 Å². The fourth-order valence-electron chi connectivity index (χ4n) is 2.88. The first kappa shape index (κ1) is 21.2. The normalized spacial score (nSPS) is 21.4. The van der Waals surface area contributed by atoms with Crippen molar-refractivity contribution in [1.82, 2.24) is 10.0 Å². The summed E-state index contributed by atoms with van der Waals surface area (Å²) in [5.41, 5.74) is 2.16. The van der Waals surface area contributed by atoms with Crippen molar-refractivity contribution in [1.29, 1.82) is 0 Å². The molecule has 0 aromatic rings. The van der Waals surface area contributed by atoms with Gasteiger partial charge in [-0.2, -0.15) is 10.2 Å². The Morgan fingerprint density at radius 1 is 0.652 bits per heavy atom. The first-order valence-electron chi connectivity index (χ1n) is 8.60. The van der Waals surface area contributed by atoms with Crippen LogP contribution in [0.4, 0.5) is 0 Å². The van der Waals surface area contributed by atoms with Crippen LogP contribution in [0.3, 0.4) is 0 Å². The van der Waals surface area contributed by atoms with E-state index >= 15 is 0 Å². The zero-order valence-corrected chi connectivity index (χ0v) is 17.4. The molecule has 0 saturated carbocycles. The first-order chi connectivity index (χ1) is 11.2. The predicted molar refractivity (Wildman–Crippen MR) is 98.0 cm³/mol. The maximum absolute atomic E-state index is 4.81. The predicted octanol–water partition coefficient (Wildman–Crippen LogP) is 4.87. The average Bonchev–Trinajstić information content (AvgIpc) is 2.93. The minimum absolute atomic E-state index is 0.106. The van der Waals surface area contributed by atoms with E-state index in [1.54, 1.807) is 0 Å². The molecule has 2 rings (SSSR count). The van der Waals surface area contributed by atoms with E-state index in [0.29, 0.717) is 0 Å². The van der Waals surface area contributed by atoms with Crippen LogP contribution in [0.1, 0.15) is 65.2 Å². The molecule has 2 aliphatic heterocycles. The van der Waals surface area contributed by atoms with Gasteiger partial charge in [0.05, 0.1) is 11.4 Å². The molecule has 2 heterocycles. The molecule has 2 aliphatic rings. The number of hydrogen-bond donors (Lipinski definition) is 0. The van der Waals surface area contributed by atoms with Crippen LogP contribution >= 0.6 is 19.1 Å². The van der Waals surface area contributed by atoms with Crippen LogP contribution in [0.2, 0.25) is 0 Å². The van der Waals surface area contributed by atoms with Gasteiger partial charge in [-0.3, -0.25) is 10.0 Å². The molecule has 0 aliphatic carbocycles. The van der Waals surface area contributed by atoms with Crippen LogP contribution in [0.5, 0.6) is 0 Å². The summed E-state index contributed by atoms with van der Waals surface area (Å²) in [5.74, 6) is 0. The summed E-state index contributed by atoms with van der Waals surface area (Å²) in [6.07, 6.45) is 10.5. The molecule has 0 amide bonds. The van der Waals surface area contributed by atoms with Gasteiger partial charge >= 0.3 is 35.0 Å². The van der Waals surface area contributed by atoms with Gasteiger partial charge in [0, 0.05) is 26.2 Å². The van der Waals surface area contributed by atoms with E-state index in [1.807, 2.05) is 0 Å². The molecule has 23 heavy (non-hydrogen) atoms. The standard InChI is InChI=1S/C16H30N4.2ClH.Pd/c1-15(17-19-11-7-3-4-8-12-19)16(2)18-20-13-9-5-6-10-14-20;;;/h3-14H2,1-2H3;2*1H;/q;;;+2/p-2/b17-15+,18-16+;;;. The Labute approximate surface area is 157 Å². The van der Waals surface area contributed by atoms with Gasteiger partial charge in [0.2, 0.25) is 0 Å². The third kappa shape index (κ3) is 9.92. The van der Waals surface area contributed by atoms with Crippen molar-refractivity contribution >= 4 is 30.5 Å². The summed E-state index contributed by atoms with van der Waals surface area (Å²) in [6.45, 7) is 8.62. The molecule has 0 aromatic heterocycles. The summed E-state index contributed by atoms with van der Waals surface area (Å²) in [4.78, 5) is 0. The summed E-state index contributed by atoms with van der Waals surface area (Å²) in [7, 11) is 9.63. The average molecular weight is 456 g/mol. The van der Waals surface area contributed by atoms with E-state index in [1.165, 1.54) is 51.4 Å². The number of halogens is 2. The summed E-state index contributed by atoms with van der Waals surface area (Å²) in [6, 6.07) is 0. The SMILES string of the molecule is CC(=N\N1CCCCCC1)/C(C)=N/N1CCCCCC1.[Cl][Pd][Cl]. The monoisotopic (exact) mass is 454 g/mol. The molecular weight excluding hydrogens is 426 g/mol. The van der Waals surface area contributed by atoms with E-state index in [0.717, 1.165) is 37.6 Å². The number of hydrazone groups is 2. The van der Waals surface area contributed by atoms with Crippen LogP contribution in [0.25, 0.3) is 0 Å². The fourth-order valence-corrected chi connectivity index (χ4v) is 2.88. The Hall–Kier alpha value is 0.182. The van der Waals surface area contributed by atoms with Crippen molar-refractivity contribution in [2.24, 2.45) is 10.2 Å². The molecule has 4 nitrogen and oxygen atoms in total. The molecule has 0 bridgehead atoms. The number of nitrogens with zero attached hydrogens (tertiary/aromatic N) is 4. The fraction of sp³-hybridized carbons (Fsp3) is 0.875. The third-order valence-corrected chi connectivity index (χ3v) is 4.27. The summed E-state index contributed by atoms with van der Waals surface area (Å²) in [5, 5.41) is 14.0. The first-order valence-corrected chi connectivity index (χ1v) is 12.6.